The fourth-order valence-electron chi connectivity index (χ4n) is 2.81. The van der Waals surface area contributed by atoms with E-state index in [1.807, 2.05) is 30.0 Å². The third-order valence-electron chi connectivity index (χ3n) is 3.82. The molecule has 104 valence electrons. The lowest BCUT2D eigenvalue weighted by Crippen LogP contribution is -2.53. The average Bonchev–Trinajstić information content (AvgIpc) is 2.57. The highest BCUT2D eigenvalue weighted by Crippen LogP contribution is 2.25. The Morgan fingerprint density at radius 2 is 2.15 bits per heavy atom. The van der Waals surface area contributed by atoms with Crippen molar-refractivity contribution in [2.45, 2.75) is 18.9 Å². The quantitative estimate of drug-likeness (QED) is 0.503. The van der Waals surface area contributed by atoms with Crippen LogP contribution in [0.15, 0.2) is 23.3 Å². The van der Waals surface area contributed by atoms with E-state index in [0.29, 0.717) is 18.5 Å². The van der Waals surface area contributed by atoms with Gasteiger partial charge in [0.25, 0.3) is 5.91 Å². The van der Waals surface area contributed by atoms with Crippen LogP contribution in [0.4, 0.5) is 0 Å². The van der Waals surface area contributed by atoms with Crippen molar-refractivity contribution in [3.63, 3.8) is 0 Å². The minimum atomic E-state index is -0.542. The van der Waals surface area contributed by atoms with E-state index in [0.717, 1.165) is 12.1 Å². The van der Waals surface area contributed by atoms with Crippen molar-refractivity contribution >= 4 is 23.9 Å². The van der Waals surface area contributed by atoms with E-state index in [1.165, 1.54) is 0 Å². The standard InChI is InChI=1S/C14H15N3O3/c1-16-6-2-3-10-9(7-16)8-17(14(10)20)11-4-5-12(18)15-13(11)19/h2-3,7,11H,4-6,8H2,1H3/p+1. The van der Waals surface area contributed by atoms with Crippen molar-refractivity contribution in [3.8, 4) is 0 Å². The second-order valence-electron chi connectivity index (χ2n) is 5.31. The van der Waals surface area contributed by atoms with E-state index in [-0.39, 0.29) is 24.1 Å². The van der Waals surface area contributed by atoms with Gasteiger partial charge in [-0.25, -0.2) is 4.58 Å². The van der Waals surface area contributed by atoms with Crippen molar-refractivity contribution in [3.05, 3.63) is 23.3 Å². The van der Waals surface area contributed by atoms with Crippen LogP contribution in [-0.2, 0) is 14.4 Å². The first kappa shape index (κ1) is 12.8. The number of likely N-dealkylation sites (N-methyl/N-ethyl adjacent to an activating group) is 1. The van der Waals surface area contributed by atoms with Crippen molar-refractivity contribution in [2.75, 3.05) is 20.1 Å². The zero-order valence-electron chi connectivity index (χ0n) is 11.3. The van der Waals surface area contributed by atoms with E-state index in [9.17, 15) is 14.4 Å². The van der Waals surface area contributed by atoms with Crippen molar-refractivity contribution < 1.29 is 19.0 Å². The molecule has 0 aromatic carbocycles. The van der Waals surface area contributed by atoms with Gasteiger partial charge in [-0.1, -0.05) is 0 Å². The molecular formula is C14H16N3O3+. The van der Waals surface area contributed by atoms with Crippen LogP contribution in [0.25, 0.3) is 0 Å². The molecule has 0 bridgehead atoms. The monoisotopic (exact) mass is 274 g/mol. The number of piperidine rings is 1. The predicted octanol–water partition coefficient (Wildman–Crippen LogP) is -0.787. The Morgan fingerprint density at radius 3 is 2.90 bits per heavy atom. The molecular weight excluding hydrogens is 258 g/mol. The minimum Gasteiger partial charge on any atom is -0.322 e. The van der Waals surface area contributed by atoms with E-state index in [2.05, 4.69) is 5.32 Å². The van der Waals surface area contributed by atoms with Crippen LogP contribution >= 0.6 is 0 Å². The number of nitrogens with one attached hydrogen (secondary N) is 1. The molecule has 3 aliphatic rings. The molecule has 3 amide bonds. The van der Waals surface area contributed by atoms with Crippen molar-refractivity contribution in [1.29, 1.82) is 0 Å². The normalized spacial score (nSPS) is 26.4. The second-order valence-corrected chi connectivity index (χ2v) is 5.31. The summed E-state index contributed by atoms with van der Waals surface area (Å²) in [7, 11) is 1.94. The van der Waals surface area contributed by atoms with Gasteiger partial charge in [-0.3, -0.25) is 19.7 Å². The van der Waals surface area contributed by atoms with Gasteiger partial charge in [-0.2, -0.15) is 0 Å². The number of rotatable bonds is 1. The second kappa shape index (κ2) is 4.70. The Hall–Kier alpha value is -2.24. The molecule has 6 heteroatoms. The summed E-state index contributed by atoms with van der Waals surface area (Å²) >= 11 is 0. The highest BCUT2D eigenvalue weighted by molar-refractivity contribution is 6.09. The van der Waals surface area contributed by atoms with Gasteiger partial charge in [-0.15, -0.1) is 0 Å². The van der Waals surface area contributed by atoms with Gasteiger partial charge >= 0.3 is 0 Å². The zero-order chi connectivity index (χ0) is 14.3. The van der Waals surface area contributed by atoms with Crippen LogP contribution in [0, 0.1) is 0 Å². The summed E-state index contributed by atoms with van der Waals surface area (Å²) in [6, 6.07) is -0.542. The number of amides is 3. The largest absolute Gasteiger partial charge is 0.322 e. The molecule has 0 spiro atoms. The average molecular weight is 274 g/mol. The summed E-state index contributed by atoms with van der Waals surface area (Å²) in [5.74, 6) is -0.763. The summed E-state index contributed by atoms with van der Waals surface area (Å²) in [5, 5.41) is 2.30. The van der Waals surface area contributed by atoms with E-state index < -0.39 is 6.04 Å². The van der Waals surface area contributed by atoms with Gasteiger partial charge in [0.05, 0.1) is 12.1 Å². The lowest BCUT2D eigenvalue weighted by molar-refractivity contribution is -0.480. The van der Waals surface area contributed by atoms with Gasteiger partial charge in [0.2, 0.25) is 11.8 Å². The maximum Gasteiger partial charge on any atom is 0.255 e. The first-order valence-electron chi connectivity index (χ1n) is 6.66. The first-order chi connectivity index (χ1) is 9.56. The molecule has 3 heterocycles. The van der Waals surface area contributed by atoms with Gasteiger partial charge in [0.15, 0.2) is 12.8 Å². The topological polar surface area (TPSA) is 69.5 Å². The van der Waals surface area contributed by atoms with E-state index in [4.69, 9.17) is 0 Å². The number of imide groups is 1. The molecule has 0 radical (unpaired) electrons. The predicted molar refractivity (Wildman–Crippen MR) is 71.2 cm³/mol. The van der Waals surface area contributed by atoms with Crippen LogP contribution < -0.4 is 5.32 Å². The third kappa shape index (κ3) is 2.07. The van der Waals surface area contributed by atoms with Gasteiger partial charge in [0, 0.05) is 12.0 Å². The van der Waals surface area contributed by atoms with Crippen LogP contribution in [-0.4, -0.2) is 59.6 Å². The van der Waals surface area contributed by atoms with Crippen molar-refractivity contribution in [2.24, 2.45) is 0 Å². The number of carbonyl (C=O) groups excluding carboxylic acids is 3. The Kier molecular flexibility index (Phi) is 3.00. The molecule has 1 unspecified atom stereocenters. The Bertz CT molecular complexity index is 601. The molecule has 0 saturated carbocycles. The highest BCUT2D eigenvalue weighted by atomic mass is 16.2. The van der Waals surface area contributed by atoms with Crippen LogP contribution in [0.2, 0.25) is 0 Å². The van der Waals surface area contributed by atoms with Crippen molar-refractivity contribution in [1.82, 2.24) is 10.2 Å². The molecule has 0 aliphatic carbocycles. The number of carbonyl (C=O) groups is 3. The van der Waals surface area contributed by atoms with Crippen LogP contribution in [0.1, 0.15) is 12.8 Å². The molecule has 3 aliphatic heterocycles. The summed E-state index contributed by atoms with van der Waals surface area (Å²) in [6.45, 7) is 1.19. The maximum atomic E-state index is 12.4. The summed E-state index contributed by atoms with van der Waals surface area (Å²) in [6.07, 6.45) is 6.38. The molecule has 1 N–H and O–H groups in total. The highest BCUT2D eigenvalue weighted by Gasteiger charge is 2.40. The summed E-state index contributed by atoms with van der Waals surface area (Å²) in [4.78, 5) is 37.1. The molecule has 0 aromatic heterocycles. The first-order valence-corrected chi connectivity index (χ1v) is 6.66. The molecule has 3 rings (SSSR count). The van der Waals surface area contributed by atoms with E-state index in [1.54, 1.807) is 4.90 Å². The molecule has 1 fully saturated rings. The molecule has 1 saturated heterocycles. The fraction of sp³-hybridized carbons (Fsp3) is 0.429. The fourth-order valence-corrected chi connectivity index (χ4v) is 2.81. The third-order valence-corrected chi connectivity index (χ3v) is 3.82. The van der Waals surface area contributed by atoms with E-state index >= 15 is 0 Å². The van der Waals surface area contributed by atoms with Gasteiger partial charge in [-0.05, 0) is 18.6 Å². The number of hydrogen-bond acceptors (Lipinski definition) is 3. The number of nitrogens with zero attached hydrogens (tertiary/aromatic N) is 2. The maximum absolute atomic E-state index is 12.4. The minimum absolute atomic E-state index is 0.128. The molecule has 1 atom stereocenters. The SMILES string of the molecule is C[N+]1=CC2=C(C=CC1)C(=O)N(C1CCC(=O)NC1=O)C2. The molecule has 6 nitrogen and oxygen atoms in total. The lowest BCUT2D eigenvalue weighted by atomic mass is 10.0. The Labute approximate surface area is 116 Å². The summed E-state index contributed by atoms with van der Waals surface area (Å²) in [5.41, 5.74) is 1.58. The Balaban J connectivity index is 1.84. The molecule has 20 heavy (non-hydrogen) atoms. The lowest BCUT2D eigenvalue weighted by Gasteiger charge is -2.29. The zero-order valence-corrected chi connectivity index (χ0v) is 11.3. The number of hydrogen-bond donors (Lipinski definition) is 1. The van der Waals surface area contributed by atoms with Crippen LogP contribution in [0.3, 0.4) is 0 Å². The smallest absolute Gasteiger partial charge is 0.255 e. The molecule has 0 aromatic rings. The summed E-state index contributed by atoms with van der Waals surface area (Å²) < 4.78 is 2.00. The Morgan fingerprint density at radius 1 is 1.35 bits per heavy atom. The van der Waals surface area contributed by atoms with Gasteiger partial charge < -0.3 is 4.90 Å². The van der Waals surface area contributed by atoms with Crippen LogP contribution in [0.5, 0.6) is 0 Å². The van der Waals surface area contributed by atoms with Gasteiger partial charge in [0.1, 0.15) is 13.1 Å².